The summed E-state index contributed by atoms with van der Waals surface area (Å²) in [5.41, 5.74) is 0.284. The number of carboxylic acid groups (broad SMARTS) is 1. The number of carboxylic acids is 1. The van der Waals surface area contributed by atoms with E-state index < -0.39 is 5.97 Å². The number of nitrogens with zero attached hydrogens (tertiary/aromatic N) is 1. The molecule has 0 fully saturated rings. The molecule has 0 unspecified atom stereocenters. The molecule has 0 radical (unpaired) electrons. The Morgan fingerprint density at radius 1 is 1.33 bits per heavy atom. The summed E-state index contributed by atoms with van der Waals surface area (Å²) in [7, 11) is 1.99. The van der Waals surface area contributed by atoms with Crippen molar-refractivity contribution in [1.29, 1.82) is 0 Å². The van der Waals surface area contributed by atoms with Crippen LogP contribution in [0.3, 0.4) is 0 Å². The van der Waals surface area contributed by atoms with Crippen molar-refractivity contribution < 1.29 is 9.90 Å². The van der Waals surface area contributed by atoms with Crippen LogP contribution in [-0.4, -0.2) is 29.6 Å². The molecule has 3 heteroatoms. The molecule has 0 aromatic rings. The lowest BCUT2D eigenvalue weighted by Crippen LogP contribution is -2.12. The maximum atomic E-state index is 10.5. The van der Waals surface area contributed by atoms with E-state index in [4.69, 9.17) is 5.11 Å². The van der Waals surface area contributed by atoms with Gasteiger partial charge in [-0.05, 0) is 31.5 Å². The molecule has 0 aromatic heterocycles. The van der Waals surface area contributed by atoms with E-state index in [0.717, 1.165) is 19.4 Å². The average molecular weight is 251 g/mol. The van der Waals surface area contributed by atoms with Crippen LogP contribution in [-0.2, 0) is 4.79 Å². The Labute approximate surface area is 110 Å². The van der Waals surface area contributed by atoms with Crippen molar-refractivity contribution in [3.8, 4) is 0 Å². The van der Waals surface area contributed by atoms with Crippen molar-refractivity contribution in [2.24, 2.45) is 0 Å². The lowest BCUT2D eigenvalue weighted by Gasteiger charge is -2.12. The molecule has 0 saturated carbocycles. The highest BCUT2D eigenvalue weighted by Gasteiger charge is 2.02. The smallest absolute Gasteiger partial charge is 0.330 e. The normalized spacial score (nSPS) is 11.2. The zero-order valence-corrected chi connectivity index (χ0v) is 11.6. The minimum Gasteiger partial charge on any atom is -0.478 e. The molecular weight excluding hydrogens is 226 g/mol. The second-order valence-corrected chi connectivity index (χ2v) is 4.40. The van der Waals surface area contributed by atoms with E-state index >= 15 is 0 Å². The van der Waals surface area contributed by atoms with Gasteiger partial charge in [0.05, 0.1) is 0 Å². The summed E-state index contributed by atoms with van der Waals surface area (Å²) in [6.45, 7) is 6.53. The van der Waals surface area contributed by atoms with Gasteiger partial charge >= 0.3 is 5.97 Å². The highest BCUT2D eigenvalue weighted by molar-refractivity contribution is 5.85. The molecule has 0 aliphatic carbocycles. The number of aliphatic carboxylic acids is 1. The zero-order chi connectivity index (χ0) is 13.8. The number of hydrogen-bond acceptors (Lipinski definition) is 2. The largest absolute Gasteiger partial charge is 0.478 e. The van der Waals surface area contributed by atoms with E-state index in [1.165, 1.54) is 12.8 Å². The van der Waals surface area contributed by atoms with Crippen LogP contribution >= 0.6 is 0 Å². The van der Waals surface area contributed by atoms with Gasteiger partial charge in [-0.15, -0.1) is 0 Å². The highest BCUT2D eigenvalue weighted by atomic mass is 16.4. The molecule has 0 aromatic carbocycles. The van der Waals surface area contributed by atoms with Gasteiger partial charge < -0.3 is 10.0 Å². The van der Waals surface area contributed by atoms with E-state index in [1.807, 2.05) is 19.3 Å². The summed E-state index contributed by atoms with van der Waals surface area (Å²) in [5, 5.41) is 8.66. The molecule has 0 aliphatic rings. The fourth-order valence-electron chi connectivity index (χ4n) is 1.42. The summed E-state index contributed by atoms with van der Waals surface area (Å²) in [5.74, 6) is -0.896. The summed E-state index contributed by atoms with van der Waals surface area (Å²) >= 11 is 0. The Bertz CT molecular complexity index is 306. The predicted molar refractivity (Wildman–Crippen MR) is 76.4 cm³/mol. The Morgan fingerprint density at radius 3 is 2.67 bits per heavy atom. The molecule has 0 saturated heterocycles. The topological polar surface area (TPSA) is 40.5 Å². The predicted octanol–water partition coefficient (Wildman–Crippen LogP) is 3.60. The summed E-state index contributed by atoms with van der Waals surface area (Å²) in [6, 6.07) is 0. The van der Waals surface area contributed by atoms with Gasteiger partial charge in [0.15, 0.2) is 0 Å². The van der Waals surface area contributed by atoms with Gasteiger partial charge in [-0.25, -0.2) is 4.79 Å². The van der Waals surface area contributed by atoms with Gasteiger partial charge in [0, 0.05) is 19.2 Å². The quantitative estimate of drug-likeness (QED) is 0.366. The van der Waals surface area contributed by atoms with Crippen molar-refractivity contribution in [2.75, 3.05) is 13.6 Å². The van der Waals surface area contributed by atoms with Crippen molar-refractivity contribution in [3.05, 3.63) is 36.6 Å². The lowest BCUT2D eigenvalue weighted by molar-refractivity contribution is -0.132. The van der Waals surface area contributed by atoms with Crippen LogP contribution in [0.2, 0.25) is 0 Å². The number of unbranched alkanes of at least 4 members (excludes halogenated alkanes) is 2. The molecule has 0 spiro atoms. The number of allylic oxidation sites excluding steroid dienone is 3. The van der Waals surface area contributed by atoms with Crippen LogP contribution in [0.15, 0.2) is 36.6 Å². The second-order valence-electron chi connectivity index (χ2n) is 4.40. The monoisotopic (exact) mass is 251 g/mol. The second kappa shape index (κ2) is 10.6. The molecule has 18 heavy (non-hydrogen) atoms. The minimum atomic E-state index is -0.896. The van der Waals surface area contributed by atoms with Crippen LogP contribution in [0.25, 0.3) is 0 Å². The molecule has 1 N–H and O–H groups in total. The van der Waals surface area contributed by atoms with Crippen LogP contribution in [0.4, 0.5) is 0 Å². The Hall–Kier alpha value is -1.51. The standard InChI is InChI=1S/C15H25NO2/c1-4-5-6-7-8-9-12-16(3)13-10-11-14(2)15(17)18/h7-9,12H,2,4-6,10-11,13H2,1,3H3,(H,17,18). The third kappa shape index (κ3) is 9.70. The van der Waals surface area contributed by atoms with Gasteiger partial charge in [0.1, 0.15) is 0 Å². The summed E-state index contributed by atoms with van der Waals surface area (Å²) < 4.78 is 0. The van der Waals surface area contributed by atoms with Gasteiger partial charge in [0.2, 0.25) is 0 Å². The van der Waals surface area contributed by atoms with E-state index in [0.29, 0.717) is 6.42 Å². The van der Waals surface area contributed by atoms with Crippen LogP contribution in [0, 0.1) is 0 Å². The Morgan fingerprint density at radius 2 is 2.06 bits per heavy atom. The average Bonchev–Trinajstić information content (AvgIpc) is 2.33. The van der Waals surface area contributed by atoms with Crippen LogP contribution in [0.5, 0.6) is 0 Å². The summed E-state index contributed by atoms with van der Waals surface area (Å²) in [6.07, 6.45) is 13.2. The first-order valence-corrected chi connectivity index (χ1v) is 6.52. The number of carbonyl (C=O) groups is 1. The Balaban J connectivity index is 3.67. The van der Waals surface area contributed by atoms with Crippen LogP contribution in [0.1, 0.15) is 39.0 Å². The molecule has 0 heterocycles. The third-order valence-electron chi connectivity index (χ3n) is 2.60. The molecule has 0 bridgehead atoms. The molecule has 0 aliphatic heterocycles. The van der Waals surface area contributed by atoms with E-state index in [1.54, 1.807) is 0 Å². The maximum absolute atomic E-state index is 10.5. The third-order valence-corrected chi connectivity index (χ3v) is 2.60. The molecular formula is C15H25NO2. The molecule has 102 valence electrons. The molecule has 3 nitrogen and oxygen atoms in total. The molecule has 0 atom stereocenters. The highest BCUT2D eigenvalue weighted by Crippen LogP contribution is 2.03. The zero-order valence-electron chi connectivity index (χ0n) is 11.6. The van der Waals surface area contributed by atoms with Crippen molar-refractivity contribution in [2.45, 2.75) is 39.0 Å². The van der Waals surface area contributed by atoms with Crippen molar-refractivity contribution in [1.82, 2.24) is 4.90 Å². The van der Waals surface area contributed by atoms with E-state index in [9.17, 15) is 4.79 Å². The van der Waals surface area contributed by atoms with Crippen LogP contribution < -0.4 is 0 Å². The fraction of sp³-hybridized carbons (Fsp3) is 0.533. The number of rotatable bonds is 10. The van der Waals surface area contributed by atoms with Gasteiger partial charge in [-0.3, -0.25) is 0 Å². The Kier molecular flexibility index (Phi) is 9.74. The molecule has 0 amide bonds. The van der Waals surface area contributed by atoms with Gasteiger partial charge in [-0.2, -0.15) is 0 Å². The first-order chi connectivity index (χ1) is 8.57. The fourth-order valence-corrected chi connectivity index (χ4v) is 1.42. The van der Waals surface area contributed by atoms with Crippen molar-refractivity contribution >= 4 is 5.97 Å². The lowest BCUT2D eigenvalue weighted by atomic mass is 10.1. The van der Waals surface area contributed by atoms with E-state index in [-0.39, 0.29) is 5.57 Å². The SMILES string of the molecule is C=C(CCCN(C)C=CC=CCCCC)C(=O)O. The summed E-state index contributed by atoms with van der Waals surface area (Å²) in [4.78, 5) is 12.6. The molecule has 0 rings (SSSR count). The van der Waals surface area contributed by atoms with Gasteiger partial charge in [-0.1, -0.05) is 38.5 Å². The van der Waals surface area contributed by atoms with E-state index in [2.05, 4.69) is 30.6 Å². The number of hydrogen-bond donors (Lipinski definition) is 1. The van der Waals surface area contributed by atoms with Crippen molar-refractivity contribution in [3.63, 3.8) is 0 Å². The van der Waals surface area contributed by atoms with Gasteiger partial charge in [0.25, 0.3) is 0 Å². The maximum Gasteiger partial charge on any atom is 0.330 e. The first-order valence-electron chi connectivity index (χ1n) is 6.52. The first kappa shape index (κ1) is 16.5. The minimum absolute atomic E-state index is 0.284.